The molecule has 1 unspecified atom stereocenters. The second-order valence-corrected chi connectivity index (χ2v) is 5.95. The highest BCUT2D eigenvalue weighted by Gasteiger charge is 2.11. The molecule has 7 heteroatoms. The van der Waals surface area contributed by atoms with Gasteiger partial charge in [-0.2, -0.15) is 0 Å². The molecule has 0 fully saturated rings. The number of hydrogen-bond donors (Lipinski definition) is 2. The second kappa shape index (κ2) is 12.9. The number of rotatable bonds is 8. The zero-order valence-electron chi connectivity index (χ0n) is 16.4. The Morgan fingerprint density at radius 3 is 2.46 bits per heavy atom. The Kier molecular flexibility index (Phi) is 12.2. The highest BCUT2D eigenvalue weighted by molar-refractivity contribution is 14.0. The molecule has 0 aliphatic carbocycles. The van der Waals surface area contributed by atoms with Gasteiger partial charge in [0, 0.05) is 26.1 Å². The van der Waals surface area contributed by atoms with E-state index in [1.807, 2.05) is 33.8 Å². The van der Waals surface area contributed by atoms with Crippen LogP contribution in [0.5, 0.6) is 0 Å². The highest BCUT2D eigenvalue weighted by atomic mass is 127. The van der Waals surface area contributed by atoms with Crippen LogP contribution in [-0.2, 0) is 4.79 Å². The van der Waals surface area contributed by atoms with Gasteiger partial charge >= 0.3 is 0 Å². The van der Waals surface area contributed by atoms with Crippen LogP contribution in [0.25, 0.3) is 0 Å². The lowest BCUT2D eigenvalue weighted by molar-refractivity contribution is -0.130. The average Bonchev–Trinajstić information content (AvgIpc) is 2.58. The summed E-state index contributed by atoms with van der Waals surface area (Å²) in [5, 5.41) is 6.42. The van der Waals surface area contributed by atoms with Gasteiger partial charge in [-0.25, -0.2) is 4.39 Å². The standard InChI is InChI=1S/C19H31FN4O.HI/c1-6-21-19(22-12-11-18(25)24(7-2)8-3)23-15(5)16-10-9-14(4)17(20)13-16;/h9-10,13,15H,6-8,11-12H2,1-5H3,(H2,21,22,23);1H. The van der Waals surface area contributed by atoms with Crippen molar-refractivity contribution >= 4 is 35.8 Å². The second-order valence-electron chi connectivity index (χ2n) is 5.95. The van der Waals surface area contributed by atoms with E-state index in [0.29, 0.717) is 44.1 Å². The Morgan fingerprint density at radius 1 is 1.27 bits per heavy atom. The van der Waals surface area contributed by atoms with E-state index in [1.165, 1.54) is 0 Å². The highest BCUT2D eigenvalue weighted by Crippen LogP contribution is 2.16. The van der Waals surface area contributed by atoms with Gasteiger partial charge in [0.25, 0.3) is 0 Å². The molecule has 0 aliphatic rings. The number of amides is 1. The fourth-order valence-corrected chi connectivity index (χ4v) is 2.48. The number of guanidine groups is 1. The zero-order chi connectivity index (χ0) is 18.8. The first-order valence-electron chi connectivity index (χ1n) is 9.01. The van der Waals surface area contributed by atoms with Crippen molar-refractivity contribution in [3.63, 3.8) is 0 Å². The van der Waals surface area contributed by atoms with Crippen LogP contribution in [0.2, 0.25) is 0 Å². The maximum absolute atomic E-state index is 13.7. The fraction of sp³-hybridized carbons (Fsp3) is 0.579. The Bertz CT molecular complexity index is 591. The molecule has 0 saturated heterocycles. The largest absolute Gasteiger partial charge is 0.357 e. The van der Waals surface area contributed by atoms with Crippen LogP contribution in [0.3, 0.4) is 0 Å². The molecular formula is C19H32FIN4O. The number of aliphatic imine (C=N–C) groups is 1. The van der Waals surface area contributed by atoms with Gasteiger partial charge < -0.3 is 15.5 Å². The minimum atomic E-state index is -0.210. The first kappa shape index (κ1) is 24.6. The molecule has 1 amide bonds. The van der Waals surface area contributed by atoms with Crippen LogP contribution in [0.1, 0.15) is 51.3 Å². The summed E-state index contributed by atoms with van der Waals surface area (Å²) < 4.78 is 13.7. The summed E-state index contributed by atoms with van der Waals surface area (Å²) in [4.78, 5) is 18.3. The summed E-state index contributed by atoms with van der Waals surface area (Å²) in [6.07, 6.45) is 0.381. The van der Waals surface area contributed by atoms with Crippen molar-refractivity contribution in [1.82, 2.24) is 15.5 Å². The number of aryl methyl sites for hydroxylation is 1. The molecule has 1 rings (SSSR count). The summed E-state index contributed by atoms with van der Waals surface area (Å²) >= 11 is 0. The van der Waals surface area contributed by atoms with E-state index < -0.39 is 0 Å². The van der Waals surface area contributed by atoms with Crippen LogP contribution in [0, 0.1) is 12.7 Å². The summed E-state index contributed by atoms with van der Waals surface area (Å²) in [6.45, 7) is 12.2. The third-order valence-electron chi connectivity index (χ3n) is 4.11. The van der Waals surface area contributed by atoms with Gasteiger partial charge in [-0.15, -0.1) is 24.0 Å². The Balaban J connectivity index is 0.00000625. The molecule has 0 aromatic heterocycles. The lowest BCUT2D eigenvalue weighted by Crippen LogP contribution is -2.39. The Labute approximate surface area is 173 Å². The molecule has 26 heavy (non-hydrogen) atoms. The zero-order valence-corrected chi connectivity index (χ0v) is 18.8. The Hall–Kier alpha value is -1.38. The summed E-state index contributed by atoms with van der Waals surface area (Å²) in [6, 6.07) is 5.13. The predicted octanol–water partition coefficient (Wildman–Crippen LogP) is 3.63. The summed E-state index contributed by atoms with van der Waals surface area (Å²) in [7, 11) is 0. The smallest absolute Gasteiger partial charge is 0.224 e. The van der Waals surface area contributed by atoms with Crippen LogP contribution in [-0.4, -0.2) is 42.9 Å². The van der Waals surface area contributed by atoms with E-state index in [4.69, 9.17) is 0 Å². The van der Waals surface area contributed by atoms with Crippen molar-refractivity contribution in [2.75, 3.05) is 26.2 Å². The quantitative estimate of drug-likeness (QED) is 0.341. The van der Waals surface area contributed by atoms with E-state index >= 15 is 0 Å². The molecule has 0 saturated carbocycles. The molecule has 0 radical (unpaired) electrons. The van der Waals surface area contributed by atoms with Gasteiger partial charge in [0.15, 0.2) is 5.96 Å². The van der Waals surface area contributed by atoms with E-state index in [2.05, 4.69) is 15.6 Å². The SMILES string of the molecule is CCNC(=NCCC(=O)N(CC)CC)NC(C)c1ccc(C)c(F)c1.I. The first-order chi connectivity index (χ1) is 11.9. The van der Waals surface area contributed by atoms with Gasteiger partial charge in [0.1, 0.15) is 5.82 Å². The van der Waals surface area contributed by atoms with Gasteiger partial charge in [0.2, 0.25) is 5.91 Å². The minimum Gasteiger partial charge on any atom is -0.357 e. The molecule has 2 N–H and O–H groups in total. The average molecular weight is 478 g/mol. The van der Waals surface area contributed by atoms with Gasteiger partial charge in [-0.3, -0.25) is 9.79 Å². The molecule has 0 heterocycles. The van der Waals surface area contributed by atoms with Crippen LogP contribution in [0.4, 0.5) is 4.39 Å². The van der Waals surface area contributed by atoms with Crippen molar-refractivity contribution in [1.29, 1.82) is 0 Å². The molecule has 0 spiro atoms. The summed E-state index contributed by atoms with van der Waals surface area (Å²) in [5.74, 6) is 0.527. The number of carbonyl (C=O) groups is 1. The van der Waals surface area contributed by atoms with Crippen LogP contribution >= 0.6 is 24.0 Å². The number of benzene rings is 1. The van der Waals surface area contributed by atoms with E-state index in [9.17, 15) is 9.18 Å². The molecule has 0 aliphatic heterocycles. The summed E-state index contributed by atoms with van der Waals surface area (Å²) in [5.41, 5.74) is 1.49. The van der Waals surface area contributed by atoms with Gasteiger partial charge in [-0.05, 0) is 51.8 Å². The minimum absolute atomic E-state index is 0. The maximum Gasteiger partial charge on any atom is 0.224 e. The topological polar surface area (TPSA) is 56.7 Å². The number of hydrogen-bond acceptors (Lipinski definition) is 2. The third kappa shape index (κ3) is 7.88. The molecule has 1 aromatic carbocycles. The predicted molar refractivity (Wildman–Crippen MR) is 117 cm³/mol. The third-order valence-corrected chi connectivity index (χ3v) is 4.11. The number of nitrogens with zero attached hydrogens (tertiary/aromatic N) is 2. The van der Waals surface area contributed by atoms with Crippen molar-refractivity contribution < 1.29 is 9.18 Å². The molecule has 1 aromatic rings. The lowest BCUT2D eigenvalue weighted by atomic mass is 10.1. The van der Waals surface area contributed by atoms with Crippen LogP contribution in [0.15, 0.2) is 23.2 Å². The molecule has 148 valence electrons. The molecule has 5 nitrogen and oxygen atoms in total. The van der Waals surface area contributed by atoms with E-state index in [0.717, 1.165) is 5.56 Å². The van der Waals surface area contributed by atoms with Crippen LogP contribution < -0.4 is 10.6 Å². The Morgan fingerprint density at radius 2 is 1.92 bits per heavy atom. The first-order valence-corrected chi connectivity index (χ1v) is 9.01. The fourth-order valence-electron chi connectivity index (χ4n) is 2.48. The maximum atomic E-state index is 13.7. The normalized spacial score (nSPS) is 12.2. The van der Waals surface area contributed by atoms with Crippen molar-refractivity contribution in [3.05, 3.63) is 35.1 Å². The van der Waals surface area contributed by atoms with E-state index in [-0.39, 0.29) is 41.7 Å². The monoisotopic (exact) mass is 478 g/mol. The van der Waals surface area contributed by atoms with Crippen molar-refractivity contribution in [2.45, 2.75) is 47.1 Å². The van der Waals surface area contributed by atoms with E-state index in [1.54, 1.807) is 24.0 Å². The number of halogens is 2. The van der Waals surface area contributed by atoms with Crippen molar-refractivity contribution in [3.8, 4) is 0 Å². The van der Waals surface area contributed by atoms with Gasteiger partial charge in [0.05, 0.1) is 12.6 Å². The number of nitrogens with one attached hydrogen (secondary N) is 2. The lowest BCUT2D eigenvalue weighted by Gasteiger charge is -2.20. The van der Waals surface area contributed by atoms with Gasteiger partial charge in [-0.1, -0.05) is 12.1 Å². The number of carbonyl (C=O) groups excluding carboxylic acids is 1. The molecular weight excluding hydrogens is 446 g/mol. The van der Waals surface area contributed by atoms with Crippen molar-refractivity contribution in [2.24, 2.45) is 4.99 Å². The molecule has 1 atom stereocenters. The molecule has 0 bridgehead atoms.